The van der Waals surface area contributed by atoms with Gasteiger partial charge in [-0.25, -0.2) is 4.68 Å². The number of hydrogen-bond acceptors (Lipinski definition) is 5. The largest absolute Gasteiger partial charge is 0.331 e. The highest BCUT2D eigenvalue weighted by Gasteiger charge is 2.34. The van der Waals surface area contributed by atoms with Crippen LogP contribution in [0.5, 0.6) is 0 Å². The molecule has 1 fully saturated rings. The van der Waals surface area contributed by atoms with Crippen molar-refractivity contribution >= 4 is 16.7 Å². The number of amides is 1. The van der Waals surface area contributed by atoms with Crippen LogP contribution in [0.3, 0.4) is 0 Å². The number of carbonyl (C=O) groups excluding carboxylic acids is 1. The van der Waals surface area contributed by atoms with Crippen molar-refractivity contribution in [1.29, 1.82) is 0 Å². The second kappa shape index (κ2) is 7.66. The van der Waals surface area contributed by atoms with E-state index >= 15 is 0 Å². The van der Waals surface area contributed by atoms with E-state index in [1.54, 1.807) is 6.07 Å². The normalized spacial score (nSPS) is 19.1. The zero-order valence-electron chi connectivity index (χ0n) is 17.3. The average molecular weight is 406 g/mol. The summed E-state index contributed by atoms with van der Waals surface area (Å²) in [7, 11) is 0. The van der Waals surface area contributed by atoms with Crippen molar-refractivity contribution in [3.8, 4) is 0 Å². The van der Waals surface area contributed by atoms with E-state index in [0.29, 0.717) is 11.9 Å². The predicted octanol–water partition coefficient (Wildman–Crippen LogP) is 2.39. The second-order valence-electron chi connectivity index (χ2n) is 8.28. The quantitative estimate of drug-likeness (QED) is 0.667. The monoisotopic (exact) mass is 406 g/mol. The van der Waals surface area contributed by atoms with Gasteiger partial charge >= 0.3 is 0 Å². The van der Waals surface area contributed by atoms with Crippen molar-refractivity contribution in [1.82, 2.24) is 29.4 Å². The number of hydrogen-bond donors (Lipinski definition) is 0. The van der Waals surface area contributed by atoms with Gasteiger partial charge in [0.1, 0.15) is 12.4 Å². The van der Waals surface area contributed by atoms with Gasteiger partial charge in [-0.2, -0.15) is 5.10 Å². The van der Waals surface area contributed by atoms with E-state index in [1.165, 1.54) is 11.1 Å². The van der Waals surface area contributed by atoms with Crippen LogP contribution in [0.2, 0.25) is 0 Å². The zero-order valence-corrected chi connectivity index (χ0v) is 17.3. The Hall–Kier alpha value is -3.03. The fraction of sp³-hybridized carbons (Fsp3) is 0.500. The topological polar surface area (TPSA) is 85.9 Å². The van der Waals surface area contributed by atoms with E-state index < -0.39 is 0 Å². The zero-order chi connectivity index (χ0) is 20.7. The number of rotatable bonds is 3. The fourth-order valence-corrected chi connectivity index (χ4v) is 4.82. The molecule has 0 radical (unpaired) electrons. The molecule has 8 nitrogen and oxygen atoms in total. The molecule has 2 aliphatic rings. The van der Waals surface area contributed by atoms with E-state index in [9.17, 15) is 9.59 Å². The van der Waals surface area contributed by atoms with Gasteiger partial charge in [0.25, 0.3) is 5.56 Å². The number of benzene rings is 1. The lowest BCUT2D eigenvalue weighted by molar-refractivity contribution is -0.133. The first kappa shape index (κ1) is 19.0. The van der Waals surface area contributed by atoms with Crippen molar-refractivity contribution in [3.05, 3.63) is 52.0 Å². The van der Waals surface area contributed by atoms with Crippen LogP contribution in [0.25, 0.3) is 10.8 Å². The Kier molecular flexibility index (Phi) is 4.84. The smallest absolute Gasteiger partial charge is 0.275 e. The van der Waals surface area contributed by atoms with E-state index in [2.05, 4.69) is 19.9 Å². The minimum atomic E-state index is -0.225. The fourth-order valence-electron chi connectivity index (χ4n) is 4.82. The summed E-state index contributed by atoms with van der Waals surface area (Å²) in [6.45, 7) is 3.41. The van der Waals surface area contributed by atoms with Gasteiger partial charge in [-0.3, -0.25) is 9.59 Å². The van der Waals surface area contributed by atoms with Crippen LogP contribution in [0.1, 0.15) is 55.5 Å². The molecule has 3 aromatic rings. The summed E-state index contributed by atoms with van der Waals surface area (Å²) in [5.41, 5.74) is 0.524. The third-order valence-corrected chi connectivity index (χ3v) is 6.35. The lowest BCUT2D eigenvalue weighted by Crippen LogP contribution is -2.38. The Balaban J connectivity index is 1.43. The van der Waals surface area contributed by atoms with Gasteiger partial charge in [0, 0.05) is 24.9 Å². The minimum absolute atomic E-state index is 0.0536. The summed E-state index contributed by atoms with van der Waals surface area (Å²) in [5.74, 6) is 1.84. The summed E-state index contributed by atoms with van der Waals surface area (Å²) in [6.07, 6.45) is 6.21. The SMILES string of the molecule is Cc1nn(CC(=O)N2CCC[C@@H]2c2nnc3n2CCCCC3)c(=O)c2ccccc12. The highest BCUT2D eigenvalue weighted by Crippen LogP contribution is 2.32. The Morgan fingerprint density at radius 1 is 1.07 bits per heavy atom. The third kappa shape index (κ3) is 3.20. The number of aromatic nitrogens is 5. The summed E-state index contributed by atoms with van der Waals surface area (Å²) < 4.78 is 3.52. The van der Waals surface area contributed by atoms with Crippen LogP contribution in [-0.2, 0) is 24.3 Å². The van der Waals surface area contributed by atoms with Crippen molar-refractivity contribution < 1.29 is 4.79 Å². The summed E-state index contributed by atoms with van der Waals surface area (Å²) in [6, 6.07) is 7.33. The molecule has 2 aliphatic heterocycles. The lowest BCUT2D eigenvalue weighted by atomic mass is 10.1. The van der Waals surface area contributed by atoms with Crippen LogP contribution in [0.15, 0.2) is 29.1 Å². The van der Waals surface area contributed by atoms with Gasteiger partial charge in [0.2, 0.25) is 5.91 Å². The van der Waals surface area contributed by atoms with Crippen LogP contribution in [-0.4, -0.2) is 41.9 Å². The predicted molar refractivity (Wildman–Crippen MR) is 112 cm³/mol. The molecule has 156 valence electrons. The van der Waals surface area contributed by atoms with Crippen molar-refractivity contribution in [3.63, 3.8) is 0 Å². The van der Waals surface area contributed by atoms with Gasteiger partial charge in [0.15, 0.2) is 5.82 Å². The summed E-state index contributed by atoms with van der Waals surface area (Å²) >= 11 is 0. The van der Waals surface area contributed by atoms with Gasteiger partial charge in [0.05, 0.1) is 17.1 Å². The number of carbonyl (C=O) groups is 1. The van der Waals surface area contributed by atoms with Gasteiger partial charge in [-0.05, 0) is 38.7 Å². The van der Waals surface area contributed by atoms with Gasteiger partial charge in [-0.1, -0.05) is 24.6 Å². The number of nitrogens with zero attached hydrogens (tertiary/aromatic N) is 6. The average Bonchev–Trinajstić information content (AvgIpc) is 3.32. The van der Waals surface area contributed by atoms with Crippen LogP contribution < -0.4 is 5.56 Å². The molecule has 5 rings (SSSR count). The molecule has 0 spiro atoms. The summed E-state index contributed by atoms with van der Waals surface area (Å²) in [5, 5.41) is 14.7. The Bertz CT molecular complexity index is 1160. The first-order chi connectivity index (χ1) is 14.6. The Labute approximate surface area is 174 Å². The standard InChI is InChI=1S/C22H26N6O2/c1-15-16-8-4-5-9-17(16)22(30)28(25-15)14-20(29)26-13-7-10-18(26)21-24-23-19-11-3-2-6-12-27(19)21/h4-5,8-9,18H,2-3,6-7,10-14H2,1H3/t18-/m1/s1. The molecule has 2 aromatic heterocycles. The maximum atomic E-state index is 13.2. The molecular weight excluding hydrogens is 380 g/mol. The second-order valence-corrected chi connectivity index (χ2v) is 8.28. The lowest BCUT2D eigenvalue weighted by Gasteiger charge is -2.25. The van der Waals surface area contributed by atoms with Crippen LogP contribution in [0, 0.1) is 6.92 Å². The highest BCUT2D eigenvalue weighted by molar-refractivity contribution is 5.83. The highest BCUT2D eigenvalue weighted by atomic mass is 16.2. The molecule has 0 bridgehead atoms. The molecule has 8 heteroatoms. The molecule has 0 N–H and O–H groups in total. The Morgan fingerprint density at radius 3 is 2.77 bits per heavy atom. The molecule has 4 heterocycles. The van der Waals surface area contributed by atoms with Crippen molar-refractivity contribution in [2.24, 2.45) is 0 Å². The molecule has 30 heavy (non-hydrogen) atoms. The maximum Gasteiger partial charge on any atom is 0.275 e. The molecule has 1 atom stereocenters. The van der Waals surface area contributed by atoms with E-state index in [-0.39, 0.29) is 24.1 Å². The first-order valence-electron chi connectivity index (χ1n) is 10.8. The maximum absolute atomic E-state index is 13.2. The molecule has 1 aromatic carbocycles. The molecule has 1 amide bonds. The number of aryl methyl sites for hydroxylation is 2. The number of fused-ring (bicyclic) bond motifs is 2. The Morgan fingerprint density at radius 2 is 1.90 bits per heavy atom. The molecule has 0 aliphatic carbocycles. The molecule has 0 saturated carbocycles. The van der Waals surface area contributed by atoms with E-state index in [0.717, 1.165) is 61.4 Å². The molecular formula is C22H26N6O2. The third-order valence-electron chi connectivity index (χ3n) is 6.35. The molecule has 0 unspecified atom stereocenters. The molecule has 1 saturated heterocycles. The van der Waals surface area contributed by atoms with E-state index in [4.69, 9.17) is 0 Å². The van der Waals surface area contributed by atoms with Crippen molar-refractivity contribution in [2.75, 3.05) is 6.54 Å². The van der Waals surface area contributed by atoms with Crippen molar-refractivity contribution in [2.45, 2.75) is 64.6 Å². The van der Waals surface area contributed by atoms with E-state index in [1.807, 2.05) is 30.0 Å². The summed E-state index contributed by atoms with van der Waals surface area (Å²) in [4.78, 5) is 28.0. The van der Waals surface area contributed by atoms with Gasteiger partial charge in [-0.15, -0.1) is 10.2 Å². The van der Waals surface area contributed by atoms with Crippen LogP contribution >= 0.6 is 0 Å². The first-order valence-corrected chi connectivity index (χ1v) is 10.8. The number of likely N-dealkylation sites (tertiary alicyclic amines) is 1. The minimum Gasteiger partial charge on any atom is -0.331 e. The van der Waals surface area contributed by atoms with Crippen LogP contribution in [0.4, 0.5) is 0 Å². The van der Waals surface area contributed by atoms with Gasteiger partial charge < -0.3 is 9.47 Å².